The Labute approximate surface area is 87.7 Å². The highest BCUT2D eigenvalue weighted by Crippen LogP contribution is 2.01. The van der Waals surface area contributed by atoms with Gasteiger partial charge in [-0.15, -0.1) is 0 Å². The van der Waals surface area contributed by atoms with Gasteiger partial charge in [0, 0.05) is 0 Å². The summed E-state index contributed by atoms with van der Waals surface area (Å²) in [6.45, 7) is 0. The quantitative estimate of drug-likeness (QED) is 0.528. The predicted molar refractivity (Wildman–Crippen MR) is 63.9 cm³/mol. The molecule has 1 aliphatic rings. The fraction of sp³-hybridized carbons (Fsp3) is 0.357. The van der Waals surface area contributed by atoms with Crippen LogP contribution in [0, 0.1) is 6.42 Å². The molecule has 1 radical (unpaired) electrons. The summed E-state index contributed by atoms with van der Waals surface area (Å²) >= 11 is 0. The molecule has 0 nitrogen and oxygen atoms in total. The molecule has 0 saturated carbocycles. The van der Waals surface area contributed by atoms with E-state index in [9.17, 15) is 0 Å². The second-order valence-electron chi connectivity index (χ2n) is 3.40. The minimum Gasteiger partial charge on any atom is -0.0845 e. The lowest BCUT2D eigenvalue weighted by molar-refractivity contribution is 0.868. The molecular formula is C14H19. The number of rotatable bonds is 0. The minimum atomic E-state index is 1.07. The van der Waals surface area contributed by atoms with Crippen LogP contribution in [0.2, 0.25) is 0 Å². The fourth-order valence-corrected chi connectivity index (χ4v) is 1.31. The molecular weight excluding hydrogens is 168 g/mol. The Morgan fingerprint density at radius 1 is 0.571 bits per heavy atom. The Hall–Kier alpha value is -1.04. The first-order valence-corrected chi connectivity index (χ1v) is 5.45. The van der Waals surface area contributed by atoms with Gasteiger partial charge in [0.2, 0.25) is 0 Å². The highest BCUT2D eigenvalue weighted by molar-refractivity contribution is 5.07. The van der Waals surface area contributed by atoms with E-state index in [-0.39, 0.29) is 0 Å². The lowest BCUT2D eigenvalue weighted by Crippen LogP contribution is -1.72. The van der Waals surface area contributed by atoms with E-state index in [1.165, 1.54) is 19.3 Å². The van der Waals surface area contributed by atoms with Crippen molar-refractivity contribution in [3.05, 3.63) is 55.0 Å². The summed E-state index contributed by atoms with van der Waals surface area (Å²) in [6.07, 6.45) is 25.5. The zero-order valence-electron chi connectivity index (χ0n) is 8.73. The molecule has 0 heteroatoms. The summed E-state index contributed by atoms with van der Waals surface area (Å²) in [5.74, 6) is 0. The van der Waals surface area contributed by atoms with Crippen molar-refractivity contribution < 1.29 is 0 Å². The number of hydrogen-bond donors (Lipinski definition) is 0. The Morgan fingerprint density at radius 3 is 1.64 bits per heavy atom. The highest BCUT2D eigenvalue weighted by Gasteiger charge is 1.82. The van der Waals surface area contributed by atoms with E-state index in [0.29, 0.717) is 0 Å². The van der Waals surface area contributed by atoms with E-state index < -0.39 is 0 Å². The van der Waals surface area contributed by atoms with Gasteiger partial charge in [-0.3, -0.25) is 0 Å². The highest BCUT2D eigenvalue weighted by atomic mass is 13.9. The van der Waals surface area contributed by atoms with Crippen molar-refractivity contribution in [2.75, 3.05) is 0 Å². The molecule has 0 aromatic carbocycles. The van der Waals surface area contributed by atoms with Gasteiger partial charge in [-0.25, -0.2) is 0 Å². The van der Waals surface area contributed by atoms with E-state index in [0.717, 1.165) is 12.8 Å². The summed E-state index contributed by atoms with van der Waals surface area (Å²) in [6, 6.07) is 0. The van der Waals surface area contributed by atoms with Crippen molar-refractivity contribution >= 4 is 0 Å². The SMILES string of the molecule is [CH]1CC=CC=CCCCC=CC=CC1. The molecule has 0 saturated heterocycles. The van der Waals surface area contributed by atoms with Gasteiger partial charge in [0.15, 0.2) is 0 Å². The second kappa shape index (κ2) is 8.55. The minimum absolute atomic E-state index is 1.07. The van der Waals surface area contributed by atoms with Crippen molar-refractivity contribution in [1.82, 2.24) is 0 Å². The van der Waals surface area contributed by atoms with Crippen molar-refractivity contribution in [1.29, 1.82) is 0 Å². The van der Waals surface area contributed by atoms with Crippen LogP contribution in [0.4, 0.5) is 0 Å². The fourth-order valence-electron chi connectivity index (χ4n) is 1.31. The van der Waals surface area contributed by atoms with Crippen LogP contribution in [0.25, 0.3) is 0 Å². The molecule has 0 aromatic rings. The first-order valence-electron chi connectivity index (χ1n) is 5.45. The first kappa shape index (κ1) is 11.0. The van der Waals surface area contributed by atoms with E-state index in [4.69, 9.17) is 0 Å². The molecule has 0 N–H and O–H groups in total. The Kier molecular flexibility index (Phi) is 6.74. The third-order valence-corrected chi connectivity index (χ3v) is 2.11. The molecule has 0 bridgehead atoms. The largest absolute Gasteiger partial charge is 0.0845 e. The molecule has 75 valence electrons. The van der Waals surface area contributed by atoms with Crippen LogP contribution < -0.4 is 0 Å². The summed E-state index contributed by atoms with van der Waals surface area (Å²) in [4.78, 5) is 0. The van der Waals surface area contributed by atoms with Crippen LogP contribution in [0.1, 0.15) is 32.1 Å². The van der Waals surface area contributed by atoms with Crippen molar-refractivity contribution in [3.8, 4) is 0 Å². The second-order valence-corrected chi connectivity index (χ2v) is 3.40. The maximum Gasteiger partial charge on any atom is -0.0310 e. The smallest absolute Gasteiger partial charge is 0.0310 e. The van der Waals surface area contributed by atoms with Crippen LogP contribution >= 0.6 is 0 Å². The molecule has 0 spiro atoms. The molecule has 0 amide bonds. The molecule has 0 aromatic heterocycles. The van der Waals surface area contributed by atoms with Gasteiger partial charge < -0.3 is 0 Å². The van der Waals surface area contributed by atoms with E-state index >= 15 is 0 Å². The van der Waals surface area contributed by atoms with Gasteiger partial charge in [0.25, 0.3) is 0 Å². The lowest BCUT2D eigenvalue weighted by atomic mass is 10.2. The summed E-state index contributed by atoms with van der Waals surface area (Å²) in [5, 5.41) is 0. The molecule has 1 rings (SSSR count). The monoisotopic (exact) mass is 187 g/mol. The molecule has 0 aliphatic heterocycles. The third kappa shape index (κ3) is 6.47. The average Bonchev–Trinajstić information content (AvgIpc) is 2.22. The van der Waals surface area contributed by atoms with Gasteiger partial charge in [-0.2, -0.15) is 0 Å². The van der Waals surface area contributed by atoms with Gasteiger partial charge in [-0.1, -0.05) is 48.6 Å². The van der Waals surface area contributed by atoms with Crippen molar-refractivity contribution in [2.45, 2.75) is 32.1 Å². The van der Waals surface area contributed by atoms with Crippen LogP contribution in [0.3, 0.4) is 0 Å². The number of allylic oxidation sites excluding steroid dienone is 8. The molecule has 0 fully saturated rings. The zero-order chi connectivity index (χ0) is 9.90. The average molecular weight is 187 g/mol. The van der Waals surface area contributed by atoms with Gasteiger partial charge in [-0.05, 0) is 38.5 Å². The van der Waals surface area contributed by atoms with Gasteiger partial charge >= 0.3 is 0 Å². The summed E-state index contributed by atoms with van der Waals surface area (Å²) < 4.78 is 0. The van der Waals surface area contributed by atoms with Crippen LogP contribution in [0.5, 0.6) is 0 Å². The molecule has 0 atom stereocenters. The zero-order valence-corrected chi connectivity index (χ0v) is 8.73. The normalized spacial score (nSPS) is 19.4. The molecule has 0 heterocycles. The van der Waals surface area contributed by atoms with Crippen LogP contribution in [0.15, 0.2) is 48.6 Å². The molecule has 14 heavy (non-hydrogen) atoms. The van der Waals surface area contributed by atoms with E-state index in [1.54, 1.807) is 0 Å². The van der Waals surface area contributed by atoms with E-state index in [2.05, 4.69) is 55.0 Å². The predicted octanol–water partition coefficient (Wildman–Crippen LogP) is 4.38. The first-order chi connectivity index (χ1) is 7.00. The Balaban J connectivity index is 2.33. The summed E-state index contributed by atoms with van der Waals surface area (Å²) in [7, 11) is 0. The van der Waals surface area contributed by atoms with Gasteiger partial charge in [0.1, 0.15) is 0 Å². The lowest BCUT2D eigenvalue weighted by Gasteiger charge is -1.91. The maximum absolute atomic E-state index is 2.28. The molecule has 1 aliphatic carbocycles. The maximum atomic E-state index is 2.28. The van der Waals surface area contributed by atoms with Crippen LogP contribution in [-0.2, 0) is 0 Å². The Morgan fingerprint density at radius 2 is 1.07 bits per heavy atom. The third-order valence-electron chi connectivity index (χ3n) is 2.11. The van der Waals surface area contributed by atoms with Crippen LogP contribution in [-0.4, -0.2) is 0 Å². The Bertz CT molecular complexity index is 178. The standard InChI is InChI=1S/C14H19/c1-2-4-6-8-10-12-14-13-11-9-7-5-3-1/h1-4,7,11-14H,5-6,8-10H2. The van der Waals surface area contributed by atoms with Gasteiger partial charge in [0.05, 0.1) is 0 Å². The number of hydrogen-bond acceptors (Lipinski definition) is 0. The topological polar surface area (TPSA) is 0 Å². The van der Waals surface area contributed by atoms with E-state index in [1.807, 2.05) is 0 Å². The summed E-state index contributed by atoms with van der Waals surface area (Å²) in [5.41, 5.74) is 0. The molecule has 0 unspecified atom stereocenters. The van der Waals surface area contributed by atoms with Crippen molar-refractivity contribution in [3.63, 3.8) is 0 Å². The van der Waals surface area contributed by atoms with Crippen molar-refractivity contribution in [2.24, 2.45) is 0 Å².